The first kappa shape index (κ1) is 26.9. The zero-order chi connectivity index (χ0) is 27.4. The number of nitrogens with zero attached hydrogens (tertiary/aromatic N) is 1. The zero-order valence-corrected chi connectivity index (χ0v) is 22.4. The summed E-state index contributed by atoms with van der Waals surface area (Å²) in [7, 11) is 1.55. The van der Waals surface area contributed by atoms with Crippen LogP contribution in [0.1, 0.15) is 54.6 Å². The van der Waals surface area contributed by atoms with Gasteiger partial charge < -0.3 is 19.1 Å². The Balaban J connectivity index is 1.38. The molecule has 1 fully saturated rings. The van der Waals surface area contributed by atoms with Crippen LogP contribution in [0, 0.1) is 12.8 Å². The van der Waals surface area contributed by atoms with Crippen LogP contribution in [0.4, 0.5) is 5.69 Å². The maximum atomic E-state index is 12.8. The number of rotatable bonds is 9. The van der Waals surface area contributed by atoms with Crippen molar-refractivity contribution in [3.8, 4) is 17.2 Å². The Hall–Kier alpha value is -4.13. The summed E-state index contributed by atoms with van der Waals surface area (Å²) < 4.78 is 16.7. The highest BCUT2D eigenvalue weighted by Crippen LogP contribution is 2.33. The number of carbonyl (C=O) groups excluding carboxylic acids is 3. The lowest BCUT2D eigenvalue weighted by Crippen LogP contribution is -2.30. The van der Waals surface area contributed by atoms with Crippen LogP contribution < -0.4 is 14.4 Å². The second-order valence-corrected chi connectivity index (χ2v) is 9.87. The van der Waals surface area contributed by atoms with E-state index in [0.717, 1.165) is 16.9 Å². The van der Waals surface area contributed by atoms with Crippen molar-refractivity contribution in [1.29, 1.82) is 0 Å². The molecular formula is C31H33NO6. The fourth-order valence-corrected chi connectivity index (χ4v) is 4.46. The Morgan fingerprint density at radius 2 is 1.58 bits per heavy atom. The van der Waals surface area contributed by atoms with Gasteiger partial charge in [0.2, 0.25) is 11.7 Å². The van der Waals surface area contributed by atoms with E-state index in [1.165, 1.54) is 6.92 Å². The first-order chi connectivity index (χ1) is 18.2. The van der Waals surface area contributed by atoms with Gasteiger partial charge in [0.1, 0.15) is 17.2 Å². The van der Waals surface area contributed by atoms with E-state index in [0.29, 0.717) is 28.7 Å². The molecule has 2 atom stereocenters. The van der Waals surface area contributed by atoms with Gasteiger partial charge in [0.05, 0.1) is 13.0 Å². The summed E-state index contributed by atoms with van der Waals surface area (Å²) in [5.41, 5.74) is 3.33. The number of hydrogen-bond donors (Lipinski definition) is 0. The van der Waals surface area contributed by atoms with Crippen molar-refractivity contribution in [3.05, 3.63) is 83.4 Å². The van der Waals surface area contributed by atoms with Crippen LogP contribution in [0.2, 0.25) is 0 Å². The first-order valence-electron chi connectivity index (χ1n) is 12.7. The quantitative estimate of drug-likeness (QED) is 0.253. The third kappa shape index (κ3) is 6.05. The molecule has 3 aromatic carbocycles. The molecule has 0 radical (unpaired) electrons. The third-order valence-corrected chi connectivity index (χ3v) is 6.66. The number of aryl methyl sites for hydroxylation is 1. The molecule has 7 heteroatoms. The average Bonchev–Trinajstić information content (AvgIpc) is 3.30. The van der Waals surface area contributed by atoms with E-state index in [-0.39, 0.29) is 24.7 Å². The monoisotopic (exact) mass is 515 g/mol. The Morgan fingerprint density at radius 1 is 0.921 bits per heavy atom. The molecule has 1 heterocycles. The molecule has 0 aromatic heterocycles. The molecule has 3 aromatic rings. The van der Waals surface area contributed by atoms with E-state index in [9.17, 15) is 14.4 Å². The molecule has 0 saturated carbocycles. The van der Waals surface area contributed by atoms with Gasteiger partial charge in [0.25, 0.3) is 0 Å². The molecule has 38 heavy (non-hydrogen) atoms. The molecular weight excluding hydrogens is 482 g/mol. The van der Waals surface area contributed by atoms with Gasteiger partial charge >= 0.3 is 5.97 Å². The lowest BCUT2D eigenvalue weighted by Gasteiger charge is -2.19. The maximum absolute atomic E-state index is 12.8. The number of methoxy groups -OCH3 is 1. The molecule has 1 aliphatic rings. The minimum Gasteiger partial charge on any atom is -0.497 e. The van der Waals surface area contributed by atoms with Crippen molar-refractivity contribution in [2.75, 3.05) is 18.6 Å². The van der Waals surface area contributed by atoms with Gasteiger partial charge in [-0.25, -0.2) is 0 Å². The van der Waals surface area contributed by atoms with Crippen molar-refractivity contribution in [2.45, 2.75) is 46.1 Å². The van der Waals surface area contributed by atoms with Crippen LogP contribution >= 0.6 is 0 Å². The second kappa shape index (κ2) is 11.5. The highest BCUT2D eigenvalue weighted by molar-refractivity contribution is 6.02. The van der Waals surface area contributed by atoms with E-state index >= 15 is 0 Å². The summed E-state index contributed by atoms with van der Waals surface area (Å²) in [6.07, 6.45) is -0.935. The fourth-order valence-electron chi connectivity index (χ4n) is 4.46. The van der Waals surface area contributed by atoms with Crippen molar-refractivity contribution in [3.63, 3.8) is 0 Å². The SMILES string of the molecule is COc1ccc(C(=O)[C@@H](C)OC(=O)[C@H]2CC(=O)N(c3ccc(Oc4cc(C)ccc4C(C)C)cc3)C2)cc1. The van der Waals surface area contributed by atoms with Crippen molar-refractivity contribution < 1.29 is 28.6 Å². The number of esters is 1. The summed E-state index contributed by atoms with van der Waals surface area (Å²) in [5, 5.41) is 0. The Kier molecular flexibility index (Phi) is 8.15. The summed E-state index contributed by atoms with van der Waals surface area (Å²) in [6, 6.07) is 20.0. The van der Waals surface area contributed by atoms with E-state index in [4.69, 9.17) is 14.2 Å². The number of anilines is 1. The Bertz CT molecular complexity index is 1310. The molecule has 0 spiro atoms. The van der Waals surface area contributed by atoms with Gasteiger partial charge in [-0.2, -0.15) is 0 Å². The second-order valence-electron chi connectivity index (χ2n) is 9.87. The van der Waals surface area contributed by atoms with E-state index < -0.39 is 18.0 Å². The topological polar surface area (TPSA) is 82.1 Å². The van der Waals surface area contributed by atoms with Gasteiger partial charge in [-0.05, 0) is 85.5 Å². The number of benzene rings is 3. The molecule has 4 rings (SSSR count). The standard InChI is InChI=1S/C31H33NO6/c1-19(2)27-15-6-20(3)16-28(27)38-26-13-9-24(10-14-26)32-18-23(17-29(32)33)31(35)37-21(4)30(34)22-7-11-25(36-5)12-8-22/h6-16,19,21,23H,17-18H2,1-5H3/t21-,23+/m1/s1. The van der Waals surface area contributed by atoms with Gasteiger partial charge in [-0.3, -0.25) is 14.4 Å². The normalized spacial score (nSPS) is 15.9. The van der Waals surface area contributed by atoms with Gasteiger partial charge in [-0.15, -0.1) is 0 Å². The van der Waals surface area contributed by atoms with Crippen LogP contribution in [-0.4, -0.2) is 37.4 Å². The highest BCUT2D eigenvalue weighted by atomic mass is 16.5. The van der Waals surface area contributed by atoms with Crippen LogP contribution in [-0.2, 0) is 14.3 Å². The minimum atomic E-state index is -0.964. The van der Waals surface area contributed by atoms with Crippen LogP contribution in [0.15, 0.2) is 66.7 Å². The highest BCUT2D eigenvalue weighted by Gasteiger charge is 2.37. The molecule has 1 aliphatic heterocycles. The Labute approximate surface area is 223 Å². The molecule has 1 saturated heterocycles. The van der Waals surface area contributed by atoms with Crippen molar-refractivity contribution in [1.82, 2.24) is 0 Å². The smallest absolute Gasteiger partial charge is 0.312 e. The third-order valence-electron chi connectivity index (χ3n) is 6.66. The largest absolute Gasteiger partial charge is 0.497 e. The van der Waals surface area contributed by atoms with Crippen LogP contribution in [0.5, 0.6) is 17.2 Å². The maximum Gasteiger partial charge on any atom is 0.312 e. The van der Waals surface area contributed by atoms with E-state index in [1.54, 1.807) is 36.3 Å². The molecule has 0 unspecified atom stereocenters. The van der Waals surface area contributed by atoms with Crippen LogP contribution in [0.25, 0.3) is 0 Å². The van der Waals surface area contributed by atoms with Crippen LogP contribution in [0.3, 0.4) is 0 Å². The lowest BCUT2D eigenvalue weighted by molar-refractivity contribution is -0.151. The molecule has 198 valence electrons. The molecule has 0 aliphatic carbocycles. The summed E-state index contributed by atoms with van der Waals surface area (Å²) >= 11 is 0. The number of amides is 1. The number of hydrogen-bond acceptors (Lipinski definition) is 6. The van der Waals surface area contributed by atoms with Gasteiger partial charge in [-0.1, -0.05) is 26.0 Å². The van der Waals surface area contributed by atoms with E-state index in [2.05, 4.69) is 26.0 Å². The van der Waals surface area contributed by atoms with Gasteiger partial charge in [0.15, 0.2) is 6.10 Å². The summed E-state index contributed by atoms with van der Waals surface area (Å²) in [6.45, 7) is 8.00. The number of ketones is 1. The average molecular weight is 516 g/mol. The summed E-state index contributed by atoms with van der Waals surface area (Å²) in [5.74, 6) is 0.730. The van der Waals surface area contributed by atoms with E-state index in [1.807, 2.05) is 37.3 Å². The van der Waals surface area contributed by atoms with Gasteiger partial charge in [0, 0.05) is 24.2 Å². The number of Topliss-reactive ketones (excluding diaryl/α,β-unsaturated/α-hetero) is 1. The zero-order valence-electron chi connectivity index (χ0n) is 22.4. The molecule has 1 amide bonds. The summed E-state index contributed by atoms with van der Waals surface area (Å²) in [4.78, 5) is 39.8. The van der Waals surface area contributed by atoms with Crippen molar-refractivity contribution in [2.24, 2.45) is 5.92 Å². The predicted molar refractivity (Wildman–Crippen MR) is 145 cm³/mol. The first-order valence-corrected chi connectivity index (χ1v) is 12.7. The lowest BCUT2D eigenvalue weighted by atomic mass is 10.0. The minimum absolute atomic E-state index is 0.0293. The van der Waals surface area contributed by atoms with Crippen molar-refractivity contribution >= 4 is 23.3 Å². The number of ether oxygens (including phenoxy) is 3. The number of carbonyl (C=O) groups is 3. The molecule has 7 nitrogen and oxygen atoms in total. The molecule has 0 bridgehead atoms. The fraction of sp³-hybridized carbons (Fsp3) is 0.323. The predicted octanol–water partition coefficient (Wildman–Crippen LogP) is 6.09. The Morgan fingerprint density at radius 3 is 2.21 bits per heavy atom. The molecule has 0 N–H and O–H groups in total.